The van der Waals surface area contributed by atoms with Crippen molar-refractivity contribution in [3.63, 3.8) is 0 Å². The molecule has 1 aromatic carbocycles. The molecule has 1 aliphatic rings. The van der Waals surface area contributed by atoms with Crippen LogP contribution in [0.25, 0.3) is 0 Å². The molecule has 0 radical (unpaired) electrons. The topological polar surface area (TPSA) is 80.3 Å². The minimum Gasteiger partial charge on any atom is -0.476 e. The highest BCUT2D eigenvalue weighted by atomic mass is 16.5. The zero-order valence-corrected chi connectivity index (χ0v) is 12.2. The van der Waals surface area contributed by atoms with E-state index in [1.807, 2.05) is 0 Å². The second-order valence-electron chi connectivity index (χ2n) is 5.44. The number of benzene rings is 1. The average Bonchev–Trinajstić information content (AvgIpc) is 2.50. The summed E-state index contributed by atoms with van der Waals surface area (Å²) >= 11 is 0. The first-order valence-corrected chi connectivity index (χ1v) is 6.82. The Hall–Kier alpha value is -2.89. The number of nitrogens with zero attached hydrogens (tertiary/aromatic N) is 1. The predicted molar refractivity (Wildman–Crippen MR) is 82.0 cm³/mol. The normalized spacial score (nSPS) is 15.3. The fraction of sp³-hybridized carbons (Fsp3) is 0.188. The maximum atomic E-state index is 12.2. The first kappa shape index (κ1) is 14.1. The van der Waals surface area contributed by atoms with E-state index in [0.29, 0.717) is 22.7 Å². The molecule has 2 amide bonds. The number of ether oxygens (including phenoxy) is 1. The Kier molecular flexibility index (Phi) is 3.29. The number of anilines is 2. The number of aromatic nitrogens is 1. The maximum absolute atomic E-state index is 12.2. The van der Waals surface area contributed by atoms with Crippen molar-refractivity contribution in [3.8, 4) is 5.75 Å². The van der Waals surface area contributed by atoms with Crippen LogP contribution in [-0.4, -0.2) is 22.4 Å². The van der Waals surface area contributed by atoms with Crippen molar-refractivity contribution in [1.82, 2.24) is 4.98 Å². The number of carbonyl (C=O) groups excluding carboxylic acids is 2. The van der Waals surface area contributed by atoms with Crippen molar-refractivity contribution in [2.45, 2.75) is 19.4 Å². The van der Waals surface area contributed by atoms with Gasteiger partial charge in [0, 0.05) is 12.4 Å². The van der Waals surface area contributed by atoms with Crippen LogP contribution in [-0.2, 0) is 4.79 Å². The van der Waals surface area contributed by atoms with Crippen molar-refractivity contribution >= 4 is 23.2 Å². The van der Waals surface area contributed by atoms with Gasteiger partial charge in [-0.3, -0.25) is 14.6 Å². The summed E-state index contributed by atoms with van der Waals surface area (Å²) in [6.45, 7) is 3.37. The van der Waals surface area contributed by atoms with Gasteiger partial charge in [-0.1, -0.05) is 6.07 Å². The van der Waals surface area contributed by atoms with Gasteiger partial charge >= 0.3 is 0 Å². The molecule has 22 heavy (non-hydrogen) atoms. The maximum Gasteiger partial charge on any atom is 0.268 e. The third-order valence-corrected chi connectivity index (χ3v) is 3.35. The Balaban J connectivity index is 1.91. The molecule has 0 saturated carbocycles. The summed E-state index contributed by atoms with van der Waals surface area (Å²) in [6.07, 6.45) is 3.07. The molecule has 1 aromatic heterocycles. The lowest BCUT2D eigenvalue weighted by molar-refractivity contribution is -0.129. The van der Waals surface area contributed by atoms with E-state index in [0.717, 1.165) is 0 Å². The Morgan fingerprint density at radius 1 is 1.27 bits per heavy atom. The largest absolute Gasteiger partial charge is 0.476 e. The molecule has 6 nitrogen and oxygen atoms in total. The van der Waals surface area contributed by atoms with Gasteiger partial charge in [0.15, 0.2) is 5.60 Å². The predicted octanol–water partition coefficient (Wildman–Crippen LogP) is 2.44. The highest BCUT2D eigenvalue weighted by molar-refractivity contribution is 6.09. The van der Waals surface area contributed by atoms with E-state index in [4.69, 9.17) is 4.74 Å². The molecule has 1 aliphatic heterocycles. The second-order valence-corrected chi connectivity index (χ2v) is 5.44. The van der Waals surface area contributed by atoms with Gasteiger partial charge in [0.05, 0.1) is 11.3 Å². The molecule has 0 spiro atoms. The average molecular weight is 297 g/mol. The van der Waals surface area contributed by atoms with E-state index >= 15 is 0 Å². The van der Waals surface area contributed by atoms with E-state index in [2.05, 4.69) is 15.6 Å². The quantitative estimate of drug-likeness (QED) is 0.892. The Labute approximate surface area is 127 Å². The number of pyridine rings is 1. The van der Waals surface area contributed by atoms with Gasteiger partial charge in [-0.25, -0.2) is 0 Å². The molecule has 0 fully saturated rings. The number of fused-ring (bicyclic) bond motifs is 1. The first-order valence-electron chi connectivity index (χ1n) is 6.82. The number of nitrogens with one attached hydrogen (secondary N) is 2. The number of hydrogen-bond acceptors (Lipinski definition) is 4. The van der Waals surface area contributed by atoms with Gasteiger partial charge in [-0.15, -0.1) is 0 Å². The number of para-hydroxylation sites is 1. The molecule has 112 valence electrons. The molecule has 0 aliphatic carbocycles. The Bertz CT molecular complexity index is 742. The molecule has 2 heterocycles. The van der Waals surface area contributed by atoms with Crippen LogP contribution >= 0.6 is 0 Å². The standard InChI is InChI=1S/C16H15N3O3/c1-16(2)15(21)19-13-11(6-3-7-12(13)22-16)18-14(20)10-5-4-8-17-9-10/h3-9H,1-2H3,(H,18,20)(H,19,21). The smallest absolute Gasteiger partial charge is 0.268 e. The fourth-order valence-corrected chi connectivity index (χ4v) is 2.13. The molecule has 2 N–H and O–H groups in total. The summed E-state index contributed by atoms with van der Waals surface area (Å²) in [5.41, 5.74) is 0.432. The van der Waals surface area contributed by atoms with Crippen LogP contribution in [0.1, 0.15) is 24.2 Å². The lowest BCUT2D eigenvalue weighted by Crippen LogP contribution is -2.45. The van der Waals surface area contributed by atoms with Gasteiger partial charge in [0.2, 0.25) is 0 Å². The number of amides is 2. The molecule has 2 aromatic rings. The van der Waals surface area contributed by atoms with E-state index in [-0.39, 0.29) is 11.8 Å². The minimum absolute atomic E-state index is 0.261. The SMILES string of the molecule is CC1(C)Oc2cccc(NC(=O)c3cccnc3)c2NC1=O. The monoisotopic (exact) mass is 297 g/mol. The molecule has 0 saturated heterocycles. The van der Waals surface area contributed by atoms with E-state index < -0.39 is 5.60 Å². The lowest BCUT2D eigenvalue weighted by Gasteiger charge is -2.32. The van der Waals surface area contributed by atoms with Crippen molar-refractivity contribution in [3.05, 3.63) is 48.3 Å². The van der Waals surface area contributed by atoms with Crippen LogP contribution < -0.4 is 15.4 Å². The Morgan fingerprint density at radius 2 is 2.09 bits per heavy atom. The molecule has 0 bridgehead atoms. The van der Waals surface area contributed by atoms with Gasteiger partial charge in [-0.2, -0.15) is 0 Å². The molecule has 3 rings (SSSR count). The fourth-order valence-electron chi connectivity index (χ4n) is 2.13. The van der Waals surface area contributed by atoms with Gasteiger partial charge < -0.3 is 15.4 Å². The van der Waals surface area contributed by atoms with Gasteiger partial charge in [0.1, 0.15) is 11.4 Å². The number of rotatable bonds is 2. The number of carbonyl (C=O) groups is 2. The third-order valence-electron chi connectivity index (χ3n) is 3.35. The van der Waals surface area contributed by atoms with Crippen LogP contribution in [0, 0.1) is 0 Å². The van der Waals surface area contributed by atoms with Crippen LogP contribution in [0.5, 0.6) is 5.75 Å². The minimum atomic E-state index is -0.945. The molecule has 0 unspecified atom stereocenters. The Morgan fingerprint density at radius 3 is 2.82 bits per heavy atom. The number of hydrogen-bond donors (Lipinski definition) is 2. The summed E-state index contributed by atoms with van der Waals surface area (Å²) in [5.74, 6) is -0.0442. The van der Waals surface area contributed by atoms with E-state index in [1.54, 1.807) is 50.4 Å². The van der Waals surface area contributed by atoms with E-state index in [9.17, 15) is 9.59 Å². The zero-order valence-electron chi connectivity index (χ0n) is 12.2. The van der Waals surface area contributed by atoms with Crippen LogP contribution in [0.3, 0.4) is 0 Å². The molecule has 0 atom stereocenters. The summed E-state index contributed by atoms with van der Waals surface area (Å²) in [7, 11) is 0. The second kappa shape index (κ2) is 5.14. The summed E-state index contributed by atoms with van der Waals surface area (Å²) in [4.78, 5) is 28.1. The van der Waals surface area contributed by atoms with Gasteiger partial charge in [-0.05, 0) is 38.1 Å². The van der Waals surface area contributed by atoms with Gasteiger partial charge in [0.25, 0.3) is 11.8 Å². The van der Waals surface area contributed by atoms with E-state index in [1.165, 1.54) is 6.20 Å². The molecular formula is C16H15N3O3. The lowest BCUT2D eigenvalue weighted by atomic mass is 10.1. The molecular weight excluding hydrogens is 282 g/mol. The summed E-state index contributed by atoms with van der Waals surface area (Å²) in [5, 5.41) is 5.54. The van der Waals surface area contributed by atoms with Crippen molar-refractivity contribution in [2.75, 3.05) is 10.6 Å². The van der Waals surface area contributed by atoms with Crippen LogP contribution in [0.4, 0.5) is 11.4 Å². The zero-order chi connectivity index (χ0) is 15.7. The first-order chi connectivity index (χ1) is 10.5. The highest BCUT2D eigenvalue weighted by Crippen LogP contribution is 2.38. The van der Waals surface area contributed by atoms with Crippen LogP contribution in [0.15, 0.2) is 42.7 Å². The summed E-state index contributed by atoms with van der Waals surface area (Å²) in [6, 6.07) is 8.55. The van der Waals surface area contributed by atoms with Crippen molar-refractivity contribution in [1.29, 1.82) is 0 Å². The van der Waals surface area contributed by atoms with Crippen molar-refractivity contribution in [2.24, 2.45) is 0 Å². The summed E-state index contributed by atoms with van der Waals surface area (Å²) < 4.78 is 5.68. The van der Waals surface area contributed by atoms with Crippen LogP contribution in [0.2, 0.25) is 0 Å². The third kappa shape index (κ3) is 2.50. The molecule has 6 heteroatoms. The highest BCUT2D eigenvalue weighted by Gasteiger charge is 2.36. The van der Waals surface area contributed by atoms with Crippen molar-refractivity contribution < 1.29 is 14.3 Å².